The van der Waals surface area contributed by atoms with E-state index in [9.17, 15) is 27.6 Å². The second kappa shape index (κ2) is 7.40. The summed E-state index contributed by atoms with van der Waals surface area (Å²) in [6, 6.07) is 10.6. The van der Waals surface area contributed by atoms with Crippen molar-refractivity contribution in [1.29, 1.82) is 0 Å². The van der Waals surface area contributed by atoms with Crippen LogP contribution in [-0.4, -0.2) is 29.3 Å². The number of amides is 4. The quantitative estimate of drug-likeness (QED) is 0.732. The fourth-order valence-corrected chi connectivity index (χ4v) is 3.20. The van der Waals surface area contributed by atoms with E-state index >= 15 is 0 Å². The van der Waals surface area contributed by atoms with Gasteiger partial charge in [0.2, 0.25) is 5.91 Å². The first-order valence-corrected chi connectivity index (χ1v) is 8.76. The molecule has 1 unspecified atom stereocenters. The van der Waals surface area contributed by atoms with E-state index in [1.54, 1.807) is 30.3 Å². The largest absolute Gasteiger partial charge is 0.417 e. The van der Waals surface area contributed by atoms with Gasteiger partial charge in [-0.05, 0) is 30.7 Å². The number of alkyl halides is 3. The van der Waals surface area contributed by atoms with Gasteiger partial charge in [-0.1, -0.05) is 41.9 Å². The van der Waals surface area contributed by atoms with Crippen molar-refractivity contribution >= 4 is 35.1 Å². The van der Waals surface area contributed by atoms with E-state index in [4.69, 9.17) is 11.6 Å². The molecule has 3 rings (SSSR count). The highest BCUT2D eigenvalue weighted by molar-refractivity contribution is 6.31. The molecule has 10 heteroatoms. The predicted octanol–water partition coefficient (Wildman–Crippen LogP) is 3.76. The third-order valence-corrected chi connectivity index (χ3v) is 4.81. The molecule has 2 aromatic rings. The van der Waals surface area contributed by atoms with E-state index < -0.39 is 46.7 Å². The number of hydrogen-bond donors (Lipinski definition) is 2. The van der Waals surface area contributed by atoms with Gasteiger partial charge < -0.3 is 10.6 Å². The summed E-state index contributed by atoms with van der Waals surface area (Å²) >= 11 is 5.54. The molecular formula is C19H15ClF3N3O3. The Morgan fingerprint density at radius 1 is 1.17 bits per heavy atom. The molecule has 0 radical (unpaired) electrons. The summed E-state index contributed by atoms with van der Waals surface area (Å²) in [4.78, 5) is 38.0. The Balaban J connectivity index is 1.75. The summed E-state index contributed by atoms with van der Waals surface area (Å²) in [5, 5.41) is 4.28. The smallest absolute Gasteiger partial charge is 0.325 e. The monoisotopic (exact) mass is 425 g/mol. The fraction of sp³-hybridized carbons (Fsp3) is 0.211. The van der Waals surface area contributed by atoms with Crippen LogP contribution in [-0.2, 0) is 21.3 Å². The first kappa shape index (κ1) is 20.7. The molecule has 1 aliphatic rings. The van der Waals surface area contributed by atoms with Gasteiger partial charge in [0.05, 0.1) is 10.6 Å². The van der Waals surface area contributed by atoms with Crippen LogP contribution < -0.4 is 10.6 Å². The summed E-state index contributed by atoms with van der Waals surface area (Å²) in [6.07, 6.45) is -4.69. The number of carbonyl (C=O) groups is 3. The topological polar surface area (TPSA) is 78.5 Å². The summed E-state index contributed by atoms with van der Waals surface area (Å²) in [5.41, 5.74) is -2.08. The van der Waals surface area contributed by atoms with Crippen LogP contribution in [0.1, 0.15) is 18.1 Å². The molecule has 1 saturated heterocycles. The molecule has 152 valence electrons. The van der Waals surface area contributed by atoms with E-state index in [0.29, 0.717) is 16.5 Å². The molecule has 0 bridgehead atoms. The zero-order valence-electron chi connectivity index (χ0n) is 15.0. The van der Waals surface area contributed by atoms with Crippen LogP contribution in [0.2, 0.25) is 5.02 Å². The molecule has 2 aromatic carbocycles. The minimum absolute atomic E-state index is 0.162. The summed E-state index contributed by atoms with van der Waals surface area (Å²) < 4.78 is 38.8. The van der Waals surface area contributed by atoms with Crippen molar-refractivity contribution < 1.29 is 27.6 Å². The van der Waals surface area contributed by atoms with Crippen LogP contribution in [0, 0.1) is 0 Å². The average molecular weight is 426 g/mol. The third-order valence-electron chi connectivity index (χ3n) is 4.48. The molecule has 29 heavy (non-hydrogen) atoms. The summed E-state index contributed by atoms with van der Waals surface area (Å²) in [6.45, 7) is 0.854. The maximum Gasteiger partial charge on any atom is 0.417 e. The van der Waals surface area contributed by atoms with Gasteiger partial charge in [0, 0.05) is 5.69 Å². The Bertz CT molecular complexity index is 982. The number of urea groups is 1. The lowest BCUT2D eigenvalue weighted by Crippen LogP contribution is -2.42. The maximum absolute atomic E-state index is 12.9. The minimum atomic E-state index is -4.69. The maximum atomic E-state index is 12.9. The Morgan fingerprint density at radius 2 is 1.83 bits per heavy atom. The number of carbonyl (C=O) groups excluding carboxylic acids is 3. The zero-order valence-corrected chi connectivity index (χ0v) is 15.8. The number of hydrogen-bond acceptors (Lipinski definition) is 3. The van der Waals surface area contributed by atoms with Crippen LogP contribution in [0.4, 0.5) is 23.7 Å². The number of rotatable bonds is 4. The van der Waals surface area contributed by atoms with Gasteiger partial charge in [-0.3, -0.25) is 14.5 Å². The number of benzene rings is 2. The third kappa shape index (κ3) is 4.04. The average Bonchev–Trinajstić information content (AvgIpc) is 2.87. The molecule has 1 heterocycles. The predicted molar refractivity (Wildman–Crippen MR) is 99.1 cm³/mol. The lowest BCUT2D eigenvalue weighted by atomic mass is 9.92. The number of imide groups is 1. The molecule has 4 amide bonds. The van der Waals surface area contributed by atoms with E-state index in [0.717, 1.165) is 6.07 Å². The lowest BCUT2D eigenvalue weighted by Gasteiger charge is -2.22. The Kier molecular flexibility index (Phi) is 5.27. The molecule has 0 spiro atoms. The van der Waals surface area contributed by atoms with Crippen LogP contribution in [0.25, 0.3) is 0 Å². The molecule has 0 aliphatic carbocycles. The molecular weight excluding hydrogens is 411 g/mol. The van der Waals surface area contributed by atoms with Gasteiger partial charge in [-0.2, -0.15) is 13.2 Å². The second-order valence-electron chi connectivity index (χ2n) is 6.55. The molecule has 1 atom stereocenters. The lowest BCUT2D eigenvalue weighted by molar-refractivity contribution is -0.137. The Morgan fingerprint density at radius 3 is 2.45 bits per heavy atom. The normalized spacial score (nSPS) is 19.3. The van der Waals surface area contributed by atoms with E-state index in [-0.39, 0.29) is 5.69 Å². The van der Waals surface area contributed by atoms with Gasteiger partial charge >= 0.3 is 12.2 Å². The van der Waals surface area contributed by atoms with Crippen LogP contribution >= 0.6 is 11.6 Å². The number of halogens is 4. The highest BCUT2D eigenvalue weighted by Gasteiger charge is 2.49. The van der Waals surface area contributed by atoms with E-state index in [2.05, 4.69) is 10.6 Å². The van der Waals surface area contributed by atoms with Crippen LogP contribution in [0.3, 0.4) is 0 Å². The Hall–Kier alpha value is -3.07. The van der Waals surface area contributed by atoms with Crippen LogP contribution in [0.15, 0.2) is 48.5 Å². The standard InChI is InChI=1S/C19H15ClF3N3O3/c1-18(11-5-3-2-4-6-11)16(28)26(17(29)25-18)10-15(27)24-12-7-8-14(20)13(9-12)19(21,22)23/h2-9H,10H2,1H3,(H,24,27)(H,25,29). The van der Waals surface area contributed by atoms with Crippen molar-refractivity contribution in [2.24, 2.45) is 0 Å². The minimum Gasteiger partial charge on any atom is -0.325 e. The van der Waals surface area contributed by atoms with Gasteiger partial charge in [0.1, 0.15) is 12.1 Å². The molecule has 0 aromatic heterocycles. The number of anilines is 1. The van der Waals surface area contributed by atoms with Crippen molar-refractivity contribution in [3.63, 3.8) is 0 Å². The fourth-order valence-electron chi connectivity index (χ4n) is 2.97. The molecule has 1 aliphatic heterocycles. The zero-order chi connectivity index (χ0) is 21.4. The van der Waals surface area contributed by atoms with Gasteiger partial charge in [-0.15, -0.1) is 0 Å². The van der Waals surface area contributed by atoms with Crippen molar-refractivity contribution in [3.8, 4) is 0 Å². The summed E-state index contributed by atoms with van der Waals surface area (Å²) in [5.74, 6) is -1.47. The molecule has 0 saturated carbocycles. The van der Waals surface area contributed by atoms with Gasteiger partial charge in [0.15, 0.2) is 0 Å². The SMILES string of the molecule is CC1(c2ccccc2)NC(=O)N(CC(=O)Nc2ccc(Cl)c(C(F)(F)F)c2)C1=O. The van der Waals surface area contributed by atoms with E-state index in [1.807, 2.05) is 0 Å². The molecule has 1 fully saturated rings. The highest BCUT2D eigenvalue weighted by Crippen LogP contribution is 2.36. The van der Waals surface area contributed by atoms with Crippen molar-refractivity contribution in [2.45, 2.75) is 18.6 Å². The van der Waals surface area contributed by atoms with Gasteiger partial charge in [0.25, 0.3) is 5.91 Å². The summed E-state index contributed by atoms with van der Waals surface area (Å²) in [7, 11) is 0. The van der Waals surface area contributed by atoms with Crippen molar-refractivity contribution in [2.75, 3.05) is 11.9 Å². The van der Waals surface area contributed by atoms with Crippen molar-refractivity contribution in [1.82, 2.24) is 10.2 Å². The second-order valence-corrected chi connectivity index (χ2v) is 6.96. The van der Waals surface area contributed by atoms with Gasteiger partial charge in [-0.25, -0.2) is 4.79 Å². The first-order valence-electron chi connectivity index (χ1n) is 8.38. The van der Waals surface area contributed by atoms with Crippen molar-refractivity contribution in [3.05, 3.63) is 64.7 Å². The van der Waals surface area contributed by atoms with Crippen LogP contribution in [0.5, 0.6) is 0 Å². The Labute approximate surface area is 168 Å². The number of nitrogens with zero attached hydrogens (tertiary/aromatic N) is 1. The highest BCUT2D eigenvalue weighted by atomic mass is 35.5. The number of nitrogens with one attached hydrogen (secondary N) is 2. The molecule has 2 N–H and O–H groups in total. The van der Waals surface area contributed by atoms with E-state index in [1.165, 1.54) is 13.0 Å². The molecule has 6 nitrogen and oxygen atoms in total. The first-order chi connectivity index (χ1) is 13.5.